The van der Waals surface area contributed by atoms with E-state index in [1.54, 1.807) is 0 Å². The van der Waals surface area contributed by atoms with Gasteiger partial charge < -0.3 is 5.32 Å². The van der Waals surface area contributed by atoms with E-state index in [9.17, 15) is 18.0 Å². The predicted molar refractivity (Wildman–Crippen MR) is 71.6 cm³/mol. The molecule has 0 saturated heterocycles. The van der Waals surface area contributed by atoms with Crippen molar-refractivity contribution in [3.8, 4) is 0 Å². The van der Waals surface area contributed by atoms with Crippen molar-refractivity contribution in [2.75, 3.05) is 0 Å². The van der Waals surface area contributed by atoms with Crippen molar-refractivity contribution in [2.24, 2.45) is 0 Å². The number of hydrogen-bond acceptors (Lipinski definition) is 1. The van der Waals surface area contributed by atoms with Gasteiger partial charge in [-0.25, -0.2) is 13.2 Å². The SMILES string of the molecule is O=C(NCc1cc(Br)ccc1F)c1c(F)cccc1F. The molecule has 2 aromatic rings. The van der Waals surface area contributed by atoms with Crippen LogP contribution in [0.15, 0.2) is 40.9 Å². The van der Waals surface area contributed by atoms with Crippen LogP contribution in [-0.2, 0) is 6.54 Å². The minimum Gasteiger partial charge on any atom is -0.348 e. The van der Waals surface area contributed by atoms with Gasteiger partial charge in [0.2, 0.25) is 0 Å². The molecular weight excluding hydrogens is 335 g/mol. The van der Waals surface area contributed by atoms with E-state index in [0.29, 0.717) is 4.47 Å². The lowest BCUT2D eigenvalue weighted by Gasteiger charge is -2.08. The number of amides is 1. The molecule has 0 radical (unpaired) electrons. The zero-order valence-corrected chi connectivity index (χ0v) is 11.7. The molecule has 6 heteroatoms. The fourth-order valence-corrected chi connectivity index (χ4v) is 2.07. The molecule has 104 valence electrons. The smallest absolute Gasteiger partial charge is 0.257 e. The van der Waals surface area contributed by atoms with Crippen LogP contribution in [0.2, 0.25) is 0 Å². The van der Waals surface area contributed by atoms with E-state index in [1.165, 1.54) is 18.2 Å². The van der Waals surface area contributed by atoms with Gasteiger partial charge in [0, 0.05) is 16.6 Å². The third kappa shape index (κ3) is 3.19. The molecule has 0 saturated carbocycles. The van der Waals surface area contributed by atoms with Crippen LogP contribution in [0.3, 0.4) is 0 Å². The molecule has 0 unspecified atom stereocenters. The van der Waals surface area contributed by atoms with E-state index in [4.69, 9.17) is 0 Å². The van der Waals surface area contributed by atoms with E-state index in [-0.39, 0.29) is 12.1 Å². The summed E-state index contributed by atoms with van der Waals surface area (Å²) in [5, 5.41) is 2.29. The third-order valence-corrected chi connectivity index (χ3v) is 3.13. The molecule has 0 aliphatic carbocycles. The van der Waals surface area contributed by atoms with Gasteiger partial charge >= 0.3 is 0 Å². The fourth-order valence-electron chi connectivity index (χ4n) is 1.66. The Morgan fingerprint density at radius 3 is 2.35 bits per heavy atom. The van der Waals surface area contributed by atoms with Crippen LogP contribution >= 0.6 is 15.9 Å². The number of carbonyl (C=O) groups is 1. The summed E-state index contributed by atoms with van der Waals surface area (Å²) in [6.07, 6.45) is 0. The number of hydrogen-bond donors (Lipinski definition) is 1. The van der Waals surface area contributed by atoms with Gasteiger partial charge in [0.25, 0.3) is 5.91 Å². The van der Waals surface area contributed by atoms with Gasteiger partial charge in [0.15, 0.2) is 0 Å². The minimum atomic E-state index is -0.961. The van der Waals surface area contributed by atoms with Gasteiger partial charge in [-0.05, 0) is 30.3 Å². The quantitative estimate of drug-likeness (QED) is 0.902. The molecule has 2 rings (SSSR count). The van der Waals surface area contributed by atoms with E-state index in [2.05, 4.69) is 21.2 Å². The van der Waals surface area contributed by atoms with Gasteiger partial charge in [-0.3, -0.25) is 4.79 Å². The highest BCUT2D eigenvalue weighted by molar-refractivity contribution is 9.10. The van der Waals surface area contributed by atoms with Crippen LogP contribution in [0.1, 0.15) is 15.9 Å². The summed E-state index contributed by atoms with van der Waals surface area (Å²) in [4.78, 5) is 11.7. The Labute approximate surface area is 121 Å². The second-order valence-corrected chi connectivity index (χ2v) is 4.93. The van der Waals surface area contributed by atoms with E-state index < -0.39 is 28.9 Å². The number of benzene rings is 2. The Kier molecular flexibility index (Phi) is 4.44. The Morgan fingerprint density at radius 2 is 1.70 bits per heavy atom. The second kappa shape index (κ2) is 6.09. The largest absolute Gasteiger partial charge is 0.348 e. The molecule has 0 spiro atoms. The van der Waals surface area contributed by atoms with Crippen molar-refractivity contribution in [1.82, 2.24) is 5.32 Å². The molecular formula is C14H9BrF3NO. The van der Waals surface area contributed by atoms with Crippen LogP contribution in [0.25, 0.3) is 0 Å². The highest BCUT2D eigenvalue weighted by atomic mass is 79.9. The Hall–Kier alpha value is -1.82. The number of carbonyl (C=O) groups excluding carboxylic acids is 1. The Balaban J connectivity index is 2.15. The van der Waals surface area contributed by atoms with Crippen molar-refractivity contribution in [3.05, 3.63) is 69.4 Å². The lowest BCUT2D eigenvalue weighted by molar-refractivity contribution is 0.0942. The van der Waals surface area contributed by atoms with Crippen molar-refractivity contribution >= 4 is 21.8 Å². The third-order valence-electron chi connectivity index (χ3n) is 2.64. The molecule has 0 atom stereocenters. The van der Waals surface area contributed by atoms with Crippen LogP contribution in [0, 0.1) is 17.5 Å². The first kappa shape index (κ1) is 14.6. The maximum Gasteiger partial charge on any atom is 0.257 e. The number of halogens is 4. The molecule has 0 aromatic heterocycles. The molecule has 0 heterocycles. The van der Waals surface area contributed by atoms with Crippen LogP contribution in [0.4, 0.5) is 13.2 Å². The monoisotopic (exact) mass is 343 g/mol. The maximum absolute atomic E-state index is 13.5. The van der Waals surface area contributed by atoms with Crippen LogP contribution < -0.4 is 5.32 Å². The minimum absolute atomic E-state index is 0.169. The summed E-state index contributed by atoms with van der Waals surface area (Å²) in [5.74, 6) is -3.36. The first-order valence-electron chi connectivity index (χ1n) is 5.65. The molecule has 2 nitrogen and oxygen atoms in total. The number of nitrogens with one attached hydrogen (secondary N) is 1. The van der Waals surface area contributed by atoms with Crippen LogP contribution in [0.5, 0.6) is 0 Å². The van der Waals surface area contributed by atoms with Gasteiger partial charge in [-0.1, -0.05) is 22.0 Å². The lowest BCUT2D eigenvalue weighted by Crippen LogP contribution is -2.25. The summed E-state index contributed by atoms with van der Waals surface area (Å²) in [5.41, 5.74) is -0.465. The Bertz CT molecular complexity index is 641. The van der Waals surface area contributed by atoms with Crippen LogP contribution in [-0.4, -0.2) is 5.91 Å². The zero-order valence-electron chi connectivity index (χ0n) is 10.1. The topological polar surface area (TPSA) is 29.1 Å². The molecule has 0 aliphatic heterocycles. The lowest BCUT2D eigenvalue weighted by atomic mass is 10.1. The van der Waals surface area contributed by atoms with E-state index in [1.807, 2.05) is 0 Å². The molecule has 0 bridgehead atoms. The first-order valence-corrected chi connectivity index (χ1v) is 6.44. The summed E-state index contributed by atoms with van der Waals surface area (Å²) < 4.78 is 40.9. The standard InChI is InChI=1S/C14H9BrF3NO/c15-9-4-5-10(16)8(6-9)7-19-14(20)13-11(17)2-1-3-12(13)18/h1-6H,7H2,(H,19,20). The van der Waals surface area contributed by atoms with Gasteiger partial charge in [-0.15, -0.1) is 0 Å². The summed E-state index contributed by atoms with van der Waals surface area (Å²) in [6, 6.07) is 7.35. The molecule has 1 N–H and O–H groups in total. The van der Waals surface area contributed by atoms with Crippen molar-refractivity contribution < 1.29 is 18.0 Å². The van der Waals surface area contributed by atoms with Gasteiger partial charge in [-0.2, -0.15) is 0 Å². The molecule has 0 aliphatic rings. The van der Waals surface area contributed by atoms with Gasteiger partial charge in [0.05, 0.1) is 0 Å². The van der Waals surface area contributed by atoms with Gasteiger partial charge in [0.1, 0.15) is 23.0 Å². The normalized spacial score (nSPS) is 10.4. The summed E-state index contributed by atoms with van der Waals surface area (Å²) in [6.45, 7) is -0.169. The maximum atomic E-state index is 13.5. The zero-order chi connectivity index (χ0) is 14.7. The Morgan fingerprint density at radius 1 is 1.05 bits per heavy atom. The molecule has 20 heavy (non-hydrogen) atoms. The average Bonchev–Trinajstić information content (AvgIpc) is 2.39. The summed E-state index contributed by atoms with van der Waals surface area (Å²) >= 11 is 3.17. The molecule has 2 aromatic carbocycles. The molecule has 1 amide bonds. The van der Waals surface area contributed by atoms with Crippen molar-refractivity contribution in [1.29, 1.82) is 0 Å². The summed E-state index contributed by atoms with van der Waals surface area (Å²) in [7, 11) is 0. The van der Waals surface area contributed by atoms with Crippen molar-refractivity contribution in [3.63, 3.8) is 0 Å². The predicted octanol–water partition coefficient (Wildman–Crippen LogP) is 3.80. The van der Waals surface area contributed by atoms with E-state index >= 15 is 0 Å². The second-order valence-electron chi connectivity index (χ2n) is 4.02. The van der Waals surface area contributed by atoms with Crippen molar-refractivity contribution in [2.45, 2.75) is 6.54 Å². The molecule has 0 fully saturated rings. The number of rotatable bonds is 3. The average molecular weight is 344 g/mol. The van der Waals surface area contributed by atoms with E-state index in [0.717, 1.165) is 18.2 Å². The fraction of sp³-hybridized carbons (Fsp3) is 0.0714. The first-order chi connectivity index (χ1) is 9.49. The highest BCUT2D eigenvalue weighted by Gasteiger charge is 2.17. The highest BCUT2D eigenvalue weighted by Crippen LogP contribution is 2.16.